The van der Waals surface area contributed by atoms with E-state index in [0.29, 0.717) is 27.4 Å². The summed E-state index contributed by atoms with van der Waals surface area (Å²) in [6.45, 7) is 0. The number of pyridine rings is 1. The number of halogens is 1. The summed E-state index contributed by atoms with van der Waals surface area (Å²) in [4.78, 5) is 4.32. The Morgan fingerprint density at radius 1 is 0.917 bits per heavy atom. The van der Waals surface area contributed by atoms with Crippen molar-refractivity contribution < 1.29 is 0 Å². The molecule has 0 bridgehead atoms. The van der Waals surface area contributed by atoms with Gasteiger partial charge in [0.05, 0.1) is 17.3 Å². The number of benzene rings is 2. The smallest absolute Gasteiger partial charge is 0.142 e. The number of hydrogen-bond acceptors (Lipinski definition) is 4. The van der Waals surface area contributed by atoms with Gasteiger partial charge in [-0.05, 0) is 35.9 Å². The van der Waals surface area contributed by atoms with Crippen LogP contribution in [0.5, 0.6) is 0 Å². The second-order valence-electron chi connectivity index (χ2n) is 5.13. The fourth-order valence-corrected chi connectivity index (χ4v) is 2.62. The summed E-state index contributed by atoms with van der Waals surface area (Å²) >= 11 is 6.04. The molecule has 0 radical (unpaired) electrons. The monoisotopic (exact) mass is 330 g/mol. The number of nitrogen functional groups attached to an aromatic ring is 1. The molecule has 2 N–H and O–H groups in total. The summed E-state index contributed by atoms with van der Waals surface area (Å²) in [6.07, 6.45) is 0. The molecular formula is C19H11ClN4. The molecular weight excluding hydrogens is 320 g/mol. The van der Waals surface area contributed by atoms with Crippen LogP contribution >= 0.6 is 11.6 Å². The van der Waals surface area contributed by atoms with Gasteiger partial charge >= 0.3 is 0 Å². The van der Waals surface area contributed by atoms with Crippen molar-refractivity contribution >= 4 is 17.4 Å². The van der Waals surface area contributed by atoms with E-state index in [0.717, 1.165) is 11.1 Å². The van der Waals surface area contributed by atoms with Crippen LogP contribution in [0.15, 0.2) is 54.6 Å². The molecule has 114 valence electrons. The highest BCUT2D eigenvalue weighted by molar-refractivity contribution is 6.30. The Bertz CT molecular complexity index is 995. The van der Waals surface area contributed by atoms with Crippen LogP contribution in [0.25, 0.3) is 22.4 Å². The van der Waals surface area contributed by atoms with Gasteiger partial charge in [0.1, 0.15) is 17.5 Å². The molecule has 5 heteroatoms. The van der Waals surface area contributed by atoms with Gasteiger partial charge in [-0.15, -0.1) is 0 Å². The second-order valence-corrected chi connectivity index (χ2v) is 5.56. The minimum atomic E-state index is 0.161. The molecule has 3 rings (SSSR count). The van der Waals surface area contributed by atoms with Crippen molar-refractivity contribution in [2.45, 2.75) is 0 Å². The third-order valence-electron chi connectivity index (χ3n) is 3.60. The average molecular weight is 331 g/mol. The van der Waals surface area contributed by atoms with Crippen molar-refractivity contribution in [1.29, 1.82) is 10.5 Å². The molecule has 0 fully saturated rings. The topological polar surface area (TPSA) is 86.5 Å². The normalized spacial score (nSPS) is 9.96. The van der Waals surface area contributed by atoms with Crippen LogP contribution in [0.4, 0.5) is 5.82 Å². The van der Waals surface area contributed by atoms with Gasteiger partial charge < -0.3 is 5.73 Å². The first-order valence-electron chi connectivity index (χ1n) is 7.09. The molecule has 0 saturated heterocycles. The van der Waals surface area contributed by atoms with E-state index >= 15 is 0 Å². The maximum Gasteiger partial charge on any atom is 0.142 e. The molecule has 0 amide bonds. The minimum absolute atomic E-state index is 0.161. The molecule has 3 aromatic rings. The minimum Gasteiger partial charge on any atom is -0.383 e. The molecule has 24 heavy (non-hydrogen) atoms. The quantitative estimate of drug-likeness (QED) is 0.754. The summed E-state index contributed by atoms with van der Waals surface area (Å²) in [5.41, 5.74) is 9.75. The number of rotatable bonds is 2. The summed E-state index contributed by atoms with van der Waals surface area (Å²) in [5, 5.41) is 18.9. The van der Waals surface area contributed by atoms with Crippen molar-refractivity contribution in [3.63, 3.8) is 0 Å². The van der Waals surface area contributed by atoms with Crippen molar-refractivity contribution in [2.75, 3.05) is 5.73 Å². The highest BCUT2D eigenvalue weighted by Crippen LogP contribution is 2.32. The Morgan fingerprint density at radius 3 is 2.29 bits per heavy atom. The van der Waals surface area contributed by atoms with Crippen molar-refractivity contribution in [2.24, 2.45) is 0 Å². The largest absolute Gasteiger partial charge is 0.383 e. The van der Waals surface area contributed by atoms with Gasteiger partial charge in [0.2, 0.25) is 0 Å². The van der Waals surface area contributed by atoms with E-state index in [4.69, 9.17) is 22.6 Å². The highest BCUT2D eigenvalue weighted by Gasteiger charge is 2.13. The first kappa shape index (κ1) is 15.6. The van der Waals surface area contributed by atoms with Crippen LogP contribution in [-0.2, 0) is 0 Å². The van der Waals surface area contributed by atoms with E-state index in [2.05, 4.69) is 17.1 Å². The number of anilines is 1. The van der Waals surface area contributed by atoms with Crippen molar-refractivity contribution in [3.05, 3.63) is 70.7 Å². The second kappa shape index (κ2) is 6.42. The van der Waals surface area contributed by atoms with Crippen LogP contribution in [0.3, 0.4) is 0 Å². The van der Waals surface area contributed by atoms with E-state index in [1.54, 1.807) is 36.4 Å². The summed E-state index contributed by atoms with van der Waals surface area (Å²) in [5.74, 6) is 0.161. The first-order valence-corrected chi connectivity index (χ1v) is 7.47. The van der Waals surface area contributed by atoms with Gasteiger partial charge in [0, 0.05) is 16.1 Å². The van der Waals surface area contributed by atoms with Gasteiger partial charge in [-0.2, -0.15) is 10.5 Å². The van der Waals surface area contributed by atoms with E-state index in [1.807, 2.05) is 18.2 Å². The standard InChI is InChI=1S/C19H11ClN4/c20-15-3-1-2-14(8-15)18-9-16(17(11-22)19(23)24-18)13-6-4-12(10-21)5-7-13/h1-9H,(H2,23,24). The molecule has 2 aromatic carbocycles. The van der Waals surface area contributed by atoms with Crippen LogP contribution in [0.2, 0.25) is 5.02 Å². The molecule has 0 aliphatic heterocycles. The Labute approximate surface area is 144 Å². The zero-order valence-electron chi connectivity index (χ0n) is 12.5. The highest BCUT2D eigenvalue weighted by atomic mass is 35.5. The number of nitrogens with two attached hydrogens (primary N) is 1. The fourth-order valence-electron chi connectivity index (χ4n) is 2.43. The number of nitrogens with zero attached hydrogens (tertiary/aromatic N) is 3. The Kier molecular flexibility index (Phi) is 4.16. The van der Waals surface area contributed by atoms with Gasteiger partial charge in [0.15, 0.2) is 0 Å². The average Bonchev–Trinajstić information content (AvgIpc) is 2.61. The van der Waals surface area contributed by atoms with E-state index in [9.17, 15) is 5.26 Å². The van der Waals surface area contributed by atoms with Gasteiger partial charge in [0.25, 0.3) is 0 Å². The van der Waals surface area contributed by atoms with E-state index in [1.165, 1.54) is 0 Å². The SMILES string of the molecule is N#Cc1ccc(-c2cc(-c3cccc(Cl)c3)nc(N)c2C#N)cc1. The Hall–Kier alpha value is -3.34. The number of aromatic nitrogens is 1. The van der Waals surface area contributed by atoms with Gasteiger partial charge in [-0.3, -0.25) is 0 Å². The zero-order valence-corrected chi connectivity index (χ0v) is 13.2. The first-order chi connectivity index (χ1) is 11.6. The molecule has 0 aliphatic rings. The number of hydrogen-bond donors (Lipinski definition) is 1. The molecule has 0 saturated carbocycles. The maximum absolute atomic E-state index is 9.42. The third kappa shape index (κ3) is 2.92. The third-order valence-corrected chi connectivity index (χ3v) is 3.84. The Morgan fingerprint density at radius 2 is 1.67 bits per heavy atom. The molecule has 4 nitrogen and oxygen atoms in total. The van der Waals surface area contributed by atoms with Crippen LogP contribution in [-0.4, -0.2) is 4.98 Å². The fraction of sp³-hybridized carbons (Fsp3) is 0. The van der Waals surface area contributed by atoms with Crippen LogP contribution in [0.1, 0.15) is 11.1 Å². The molecule has 1 heterocycles. The lowest BCUT2D eigenvalue weighted by molar-refractivity contribution is 1.31. The Balaban J connectivity index is 2.20. The zero-order chi connectivity index (χ0) is 17.1. The molecule has 0 atom stereocenters. The lowest BCUT2D eigenvalue weighted by Gasteiger charge is -2.10. The lowest BCUT2D eigenvalue weighted by Crippen LogP contribution is -1.99. The maximum atomic E-state index is 9.42. The lowest BCUT2D eigenvalue weighted by atomic mass is 9.98. The van der Waals surface area contributed by atoms with Crippen molar-refractivity contribution in [3.8, 4) is 34.5 Å². The van der Waals surface area contributed by atoms with Crippen LogP contribution < -0.4 is 5.73 Å². The van der Waals surface area contributed by atoms with E-state index < -0.39 is 0 Å². The number of nitriles is 2. The van der Waals surface area contributed by atoms with Crippen molar-refractivity contribution in [1.82, 2.24) is 4.98 Å². The van der Waals surface area contributed by atoms with Crippen LogP contribution in [0, 0.1) is 22.7 Å². The molecule has 0 spiro atoms. The molecule has 0 aliphatic carbocycles. The molecule has 1 aromatic heterocycles. The predicted octanol–water partition coefficient (Wildman–Crippen LogP) is 4.39. The summed E-state index contributed by atoms with van der Waals surface area (Å²) in [7, 11) is 0. The van der Waals surface area contributed by atoms with Gasteiger partial charge in [-0.25, -0.2) is 4.98 Å². The van der Waals surface area contributed by atoms with E-state index in [-0.39, 0.29) is 5.82 Å². The predicted molar refractivity (Wildman–Crippen MR) is 94.0 cm³/mol. The van der Waals surface area contributed by atoms with Gasteiger partial charge in [-0.1, -0.05) is 35.9 Å². The summed E-state index contributed by atoms with van der Waals surface area (Å²) < 4.78 is 0. The molecule has 0 unspecified atom stereocenters. The summed E-state index contributed by atoms with van der Waals surface area (Å²) in [6, 6.07) is 20.2.